The number of ether oxygens (including phenoxy) is 1. The molecular weight excluding hydrogens is 406 g/mol. The van der Waals surface area contributed by atoms with Gasteiger partial charge in [-0.1, -0.05) is 6.92 Å². The number of Topliss-reactive ketones (excluding diaryl/α,β-unsaturated/α-hetero) is 1. The van der Waals surface area contributed by atoms with Gasteiger partial charge in [0.15, 0.2) is 0 Å². The summed E-state index contributed by atoms with van der Waals surface area (Å²) in [6.45, 7) is 5.72. The molecule has 7 nitrogen and oxygen atoms in total. The lowest BCUT2D eigenvalue weighted by Gasteiger charge is -2.25. The lowest BCUT2D eigenvalue weighted by atomic mass is 9.95. The van der Waals surface area contributed by atoms with Crippen LogP contribution in [0, 0.1) is 6.92 Å². The number of benzene rings is 1. The fourth-order valence-corrected chi connectivity index (χ4v) is 3.89. The van der Waals surface area contributed by atoms with Gasteiger partial charge in [0.25, 0.3) is 11.7 Å². The number of aromatic nitrogens is 1. The normalized spacial score (nSPS) is 17.9. The standard InChI is InChI=1S/C25H31N3O4/c1-5-15-32-20-8-7-19(16-17(20)2)23(29)21-22(18-9-11-26-12-10-18)28(25(31)24(21)30)14-6-13-27(3)4/h7-12,16,22,29H,5-6,13-15H2,1-4H3/b23-21-. The fourth-order valence-electron chi connectivity index (χ4n) is 3.89. The summed E-state index contributed by atoms with van der Waals surface area (Å²) in [6, 6.07) is 8.18. The van der Waals surface area contributed by atoms with E-state index < -0.39 is 17.7 Å². The molecular formula is C25H31N3O4. The Morgan fingerprint density at radius 1 is 1.19 bits per heavy atom. The second kappa shape index (κ2) is 10.4. The second-order valence-corrected chi connectivity index (χ2v) is 8.26. The van der Waals surface area contributed by atoms with Gasteiger partial charge in [-0.2, -0.15) is 0 Å². The van der Waals surface area contributed by atoms with Crippen molar-refractivity contribution in [3.05, 3.63) is 65.0 Å². The van der Waals surface area contributed by atoms with Crippen molar-refractivity contribution in [3.63, 3.8) is 0 Å². The molecule has 1 aromatic heterocycles. The van der Waals surface area contributed by atoms with Crippen LogP contribution >= 0.6 is 0 Å². The quantitative estimate of drug-likeness (QED) is 0.367. The smallest absolute Gasteiger partial charge is 0.295 e. The predicted molar refractivity (Wildman–Crippen MR) is 123 cm³/mol. The molecule has 1 aliphatic heterocycles. The molecule has 0 aliphatic carbocycles. The first-order valence-corrected chi connectivity index (χ1v) is 10.9. The highest BCUT2D eigenvalue weighted by atomic mass is 16.5. The van der Waals surface area contributed by atoms with Crippen LogP contribution in [0.5, 0.6) is 5.75 Å². The van der Waals surface area contributed by atoms with Crippen LogP contribution in [0.15, 0.2) is 48.3 Å². The first kappa shape index (κ1) is 23.5. The van der Waals surface area contributed by atoms with Crippen LogP contribution in [-0.4, -0.2) is 65.4 Å². The van der Waals surface area contributed by atoms with Crippen LogP contribution in [0.4, 0.5) is 0 Å². The van der Waals surface area contributed by atoms with Gasteiger partial charge >= 0.3 is 0 Å². The number of aliphatic hydroxyl groups excluding tert-OH is 1. The van der Waals surface area contributed by atoms with E-state index in [1.807, 2.05) is 32.8 Å². The third-order valence-electron chi connectivity index (χ3n) is 5.48. The maximum Gasteiger partial charge on any atom is 0.295 e. The lowest BCUT2D eigenvalue weighted by molar-refractivity contribution is -0.139. The van der Waals surface area contributed by atoms with Crippen LogP contribution in [-0.2, 0) is 9.59 Å². The van der Waals surface area contributed by atoms with E-state index in [4.69, 9.17) is 4.74 Å². The molecule has 3 rings (SSSR count). The number of aliphatic hydroxyl groups is 1. The first-order valence-electron chi connectivity index (χ1n) is 10.9. The van der Waals surface area contributed by atoms with Gasteiger partial charge in [0.1, 0.15) is 11.5 Å². The molecule has 1 aliphatic rings. The summed E-state index contributed by atoms with van der Waals surface area (Å²) in [6.07, 6.45) is 4.85. The average Bonchev–Trinajstić information content (AvgIpc) is 3.03. The number of likely N-dealkylation sites (tertiary alicyclic amines) is 1. The van der Waals surface area contributed by atoms with Crippen molar-refractivity contribution >= 4 is 17.4 Å². The summed E-state index contributed by atoms with van der Waals surface area (Å²) in [5.41, 5.74) is 2.18. The first-order chi connectivity index (χ1) is 15.3. The Morgan fingerprint density at radius 2 is 1.91 bits per heavy atom. The number of hydrogen-bond donors (Lipinski definition) is 1. The number of pyridine rings is 1. The summed E-state index contributed by atoms with van der Waals surface area (Å²) in [5.74, 6) is -0.700. The second-order valence-electron chi connectivity index (χ2n) is 8.26. The van der Waals surface area contributed by atoms with E-state index in [-0.39, 0.29) is 11.3 Å². The highest BCUT2D eigenvalue weighted by Crippen LogP contribution is 2.39. The molecule has 0 saturated carbocycles. The molecule has 0 spiro atoms. The number of carbonyl (C=O) groups excluding carboxylic acids is 2. The summed E-state index contributed by atoms with van der Waals surface area (Å²) < 4.78 is 5.72. The van der Waals surface area contributed by atoms with Gasteiger partial charge < -0.3 is 19.6 Å². The largest absolute Gasteiger partial charge is 0.507 e. The van der Waals surface area contributed by atoms with E-state index in [0.29, 0.717) is 25.1 Å². The molecule has 1 atom stereocenters. The maximum atomic E-state index is 13.0. The molecule has 170 valence electrons. The zero-order valence-corrected chi connectivity index (χ0v) is 19.2. The van der Waals surface area contributed by atoms with E-state index >= 15 is 0 Å². The fraction of sp³-hybridized carbons (Fsp3) is 0.400. The molecule has 32 heavy (non-hydrogen) atoms. The minimum Gasteiger partial charge on any atom is -0.507 e. The Morgan fingerprint density at radius 3 is 2.53 bits per heavy atom. The third-order valence-corrected chi connectivity index (χ3v) is 5.48. The molecule has 1 unspecified atom stereocenters. The number of hydrogen-bond acceptors (Lipinski definition) is 6. The molecule has 7 heteroatoms. The van der Waals surface area contributed by atoms with Crippen molar-refractivity contribution in [1.82, 2.24) is 14.8 Å². The summed E-state index contributed by atoms with van der Waals surface area (Å²) in [7, 11) is 3.93. The molecule has 1 saturated heterocycles. The lowest BCUT2D eigenvalue weighted by Crippen LogP contribution is -2.32. The van der Waals surface area contributed by atoms with Crippen LogP contribution < -0.4 is 4.74 Å². The molecule has 0 bridgehead atoms. The molecule has 0 radical (unpaired) electrons. The van der Waals surface area contributed by atoms with Gasteiger partial charge in [-0.05, 0) is 81.9 Å². The molecule has 2 aromatic rings. The Labute approximate surface area is 189 Å². The SMILES string of the molecule is CCCOc1ccc(/C(O)=C2/C(=O)C(=O)N(CCCN(C)C)C2c2ccncc2)cc1C. The highest BCUT2D eigenvalue weighted by Gasteiger charge is 2.45. The number of ketones is 1. The topological polar surface area (TPSA) is 83.0 Å². The minimum absolute atomic E-state index is 0.104. The van der Waals surface area contributed by atoms with E-state index in [0.717, 1.165) is 29.8 Å². The maximum absolute atomic E-state index is 13.0. The number of amides is 1. The van der Waals surface area contributed by atoms with E-state index in [2.05, 4.69) is 4.98 Å². The number of aryl methyl sites for hydroxylation is 1. The molecule has 1 fully saturated rings. The Kier molecular flexibility index (Phi) is 7.64. The van der Waals surface area contributed by atoms with Crippen molar-refractivity contribution in [1.29, 1.82) is 0 Å². The van der Waals surface area contributed by atoms with Gasteiger partial charge in [-0.15, -0.1) is 0 Å². The van der Waals surface area contributed by atoms with Gasteiger partial charge in [-0.25, -0.2) is 0 Å². The van der Waals surface area contributed by atoms with Gasteiger partial charge in [0.05, 0.1) is 18.2 Å². The van der Waals surface area contributed by atoms with E-state index in [9.17, 15) is 14.7 Å². The Hall–Kier alpha value is -3.19. The number of carbonyl (C=O) groups is 2. The third kappa shape index (κ3) is 4.99. The zero-order chi connectivity index (χ0) is 23.3. The zero-order valence-electron chi connectivity index (χ0n) is 19.2. The summed E-state index contributed by atoms with van der Waals surface area (Å²) >= 11 is 0. The minimum atomic E-state index is -0.668. The van der Waals surface area contributed by atoms with Gasteiger partial charge in [0.2, 0.25) is 0 Å². The van der Waals surface area contributed by atoms with Gasteiger partial charge in [0, 0.05) is 24.5 Å². The van der Waals surface area contributed by atoms with Crippen LogP contribution in [0.1, 0.15) is 42.5 Å². The van der Waals surface area contributed by atoms with Crippen molar-refractivity contribution in [2.45, 2.75) is 32.7 Å². The van der Waals surface area contributed by atoms with E-state index in [1.54, 1.807) is 47.6 Å². The average molecular weight is 438 g/mol. The highest BCUT2D eigenvalue weighted by molar-refractivity contribution is 6.46. The van der Waals surface area contributed by atoms with Crippen LogP contribution in [0.3, 0.4) is 0 Å². The number of rotatable bonds is 9. The number of nitrogens with zero attached hydrogens (tertiary/aromatic N) is 3. The summed E-state index contributed by atoms with van der Waals surface area (Å²) in [5, 5.41) is 11.2. The molecule has 2 heterocycles. The molecule has 1 amide bonds. The van der Waals surface area contributed by atoms with Crippen LogP contribution in [0.2, 0.25) is 0 Å². The monoisotopic (exact) mass is 437 g/mol. The van der Waals surface area contributed by atoms with Crippen molar-refractivity contribution in [3.8, 4) is 5.75 Å². The Balaban J connectivity index is 2.03. The molecule has 1 aromatic carbocycles. The Bertz CT molecular complexity index is 1000. The van der Waals surface area contributed by atoms with Crippen molar-refractivity contribution < 1.29 is 19.4 Å². The summed E-state index contributed by atoms with van der Waals surface area (Å²) in [4.78, 5) is 33.6. The van der Waals surface area contributed by atoms with Crippen LogP contribution in [0.25, 0.3) is 5.76 Å². The van der Waals surface area contributed by atoms with Gasteiger partial charge in [-0.3, -0.25) is 14.6 Å². The van der Waals surface area contributed by atoms with Crippen molar-refractivity contribution in [2.75, 3.05) is 33.8 Å². The predicted octanol–water partition coefficient (Wildman–Crippen LogP) is 3.55. The van der Waals surface area contributed by atoms with Crippen molar-refractivity contribution in [2.24, 2.45) is 0 Å². The molecule has 1 N–H and O–H groups in total. The van der Waals surface area contributed by atoms with E-state index in [1.165, 1.54) is 0 Å².